The molecule has 1 heteroatoms. The highest BCUT2D eigenvalue weighted by Gasteiger charge is 2.03. The molecule has 15 heavy (non-hydrogen) atoms. The molecule has 1 nitrogen and oxygen atoms in total. The van der Waals surface area contributed by atoms with Crippen LogP contribution >= 0.6 is 0 Å². The molecule has 0 amide bonds. The Labute approximate surface area is 94.1 Å². The van der Waals surface area contributed by atoms with Crippen LogP contribution in [-0.2, 0) is 13.0 Å². The van der Waals surface area contributed by atoms with Crippen molar-refractivity contribution in [2.75, 3.05) is 7.05 Å². The van der Waals surface area contributed by atoms with Crippen LogP contribution in [0.1, 0.15) is 38.3 Å². The molecule has 0 bridgehead atoms. The van der Waals surface area contributed by atoms with E-state index in [2.05, 4.69) is 57.0 Å². The van der Waals surface area contributed by atoms with Gasteiger partial charge in [0.1, 0.15) is 0 Å². The van der Waals surface area contributed by atoms with Crippen LogP contribution in [0.4, 0.5) is 0 Å². The largest absolute Gasteiger partial charge is 0.300 e. The summed E-state index contributed by atoms with van der Waals surface area (Å²) in [6.45, 7) is 7.72. The van der Waals surface area contributed by atoms with E-state index in [4.69, 9.17) is 0 Å². The zero-order valence-electron chi connectivity index (χ0n) is 10.5. The molecule has 0 N–H and O–H groups in total. The average Bonchev–Trinajstić information content (AvgIpc) is 2.21. The van der Waals surface area contributed by atoms with Crippen molar-refractivity contribution in [2.45, 2.75) is 46.2 Å². The Morgan fingerprint density at radius 2 is 1.60 bits per heavy atom. The molecule has 0 aliphatic rings. The number of hydrogen-bond donors (Lipinski definition) is 0. The first-order chi connectivity index (χ1) is 7.13. The van der Waals surface area contributed by atoms with Crippen molar-refractivity contribution in [3.8, 4) is 0 Å². The van der Waals surface area contributed by atoms with Gasteiger partial charge < -0.3 is 0 Å². The molecular formula is C14H23N. The van der Waals surface area contributed by atoms with Gasteiger partial charge in [-0.1, -0.05) is 37.6 Å². The Bertz CT molecular complexity index is 274. The van der Waals surface area contributed by atoms with Crippen molar-refractivity contribution >= 4 is 0 Å². The van der Waals surface area contributed by atoms with E-state index < -0.39 is 0 Å². The Morgan fingerprint density at radius 3 is 2.07 bits per heavy atom. The number of aryl methyl sites for hydroxylation is 1. The van der Waals surface area contributed by atoms with Gasteiger partial charge in [0.15, 0.2) is 0 Å². The molecule has 84 valence electrons. The fourth-order valence-corrected chi connectivity index (χ4v) is 1.57. The summed E-state index contributed by atoms with van der Waals surface area (Å²) in [7, 11) is 2.17. The molecule has 1 aromatic carbocycles. The molecule has 0 aliphatic carbocycles. The monoisotopic (exact) mass is 205 g/mol. The van der Waals surface area contributed by atoms with Crippen LogP contribution in [-0.4, -0.2) is 18.0 Å². The van der Waals surface area contributed by atoms with E-state index in [0.717, 1.165) is 6.54 Å². The first-order valence-corrected chi connectivity index (χ1v) is 5.91. The third kappa shape index (κ3) is 4.05. The van der Waals surface area contributed by atoms with Gasteiger partial charge in [-0.25, -0.2) is 0 Å². The predicted octanol–water partition coefficient (Wildman–Crippen LogP) is 3.48. The molecule has 0 radical (unpaired) electrons. The average molecular weight is 205 g/mol. The maximum Gasteiger partial charge on any atom is 0.0233 e. The molecule has 0 aliphatic heterocycles. The van der Waals surface area contributed by atoms with E-state index in [1.807, 2.05) is 0 Å². The Morgan fingerprint density at radius 1 is 1.07 bits per heavy atom. The lowest BCUT2D eigenvalue weighted by Crippen LogP contribution is -2.25. The Hall–Kier alpha value is -0.820. The second-order valence-corrected chi connectivity index (χ2v) is 4.58. The third-order valence-corrected chi connectivity index (χ3v) is 2.88. The van der Waals surface area contributed by atoms with Crippen molar-refractivity contribution < 1.29 is 0 Å². The second kappa shape index (κ2) is 5.92. The Kier molecular flexibility index (Phi) is 4.83. The third-order valence-electron chi connectivity index (χ3n) is 2.88. The SMILES string of the molecule is CCCc1ccc(CN(C)C(C)C)cc1. The van der Waals surface area contributed by atoms with Gasteiger partial charge in [-0.15, -0.1) is 0 Å². The van der Waals surface area contributed by atoms with Crippen molar-refractivity contribution in [3.05, 3.63) is 35.4 Å². The Balaban J connectivity index is 2.56. The molecule has 0 atom stereocenters. The predicted molar refractivity (Wildman–Crippen MR) is 67.0 cm³/mol. The fourth-order valence-electron chi connectivity index (χ4n) is 1.57. The van der Waals surface area contributed by atoms with Gasteiger partial charge >= 0.3 is 0 Å². The molecule has 0 unspecified atom stereocenters. The lowest BCUT2D eigenvalue weighted by atomic mass is 10.1. The summed E-state index contributed by atoms with van der Waals surface area (Å²) in [6.07, 6.45) is 2.42. The second-order valence-electron chi connectivity index (χ2n) is 4.58. The first kappa shape index (κ1) is 12.3. The summed E-state index contributed by atoms with van der Waals surface area (Å²) in [4.78, 5) is 2.36. The zero-order chi connectivity index (χ0) is 11.3. The van der Waals surface area contributed by atoms with Crippen LogP contribution in [0.3, 0.4) is 0 Å². The van der Waals surface area contributed by atoms with Gasteiger partial charge in [0.2, 0.25) is 0 Å². The topological polar surface area (TPSA) is 3.24 Å². The standard InChI is InChI=1S/C14H23N/c1-5-6-13-7-9-14(10-8-13)11-15(4)12(2)3/h7-10,12H,5-6,11H2,1-4H3. The van der Waals surface area contributed by atoms with E-state index in [-0.39, 0.29) is 0 Å². The minimum absolute atomic E-state index is 0.611. The fraction of sp³-hybridized carbons (Fsp3) is 0.571. The normalized spacial score (nSPS) is 11.3. The molecule has 0 aromatic heterocycles. The lowest BCUT2D eigenvalue weighted by Gasteiger charge is -2.21. The molecule has 0 fully saturated rings. The summed E-state index contributed by atoms with van der Waals surface area (Å²) in [5.41, 5.74) is 2.86. The quantitative estimate of drug-likeness (QED) is 0.711. The van der Waals surface area contributed by atoms with Crippen molar-refractivity contribution in [1.82, 2.24) is 4.90 Å². The highest BCUT2D eigenvalue weighted by atomic mass is 15.1. The van der Waals surface area contributed by atoms with Gasteiger partial charge in [-0.3, -0.25) is 4.90 Å². The van der Waals surface area contributed by atoms with Crippen LogP contribution in [0.15, 0.2) is 24.3 Å². The number of nitrogens with zero attached hydrogens (tertiary/aromatic N) is 1. The van der Waals surface area contributed by atoms with Crippen LogP contribution in [0.5, 0.6) is 0 Å². The molecule has 1 rings (SSSR count). The molecular weight excluding hydrogens is 182 g/mol. The maximum absolute atomic E-state index is 2.36. The molecule has 0 spiro atoms. The minimum Gasteiger partial charge on any atom is -0.300 e. The lowest BCUT2D eigenvalue weighted by molar-refractivity contribution is 0.266. The van der Waals surface area contributed by atoms with Crippen molar-refractivity contribution in [3.63, 3.8) is 0 Å². The van der Waals surface area contributed by atoms with E-state index in [0.29, 0.717) is 6.04 Å². The van der Waals surface area contributed by atoms with Gasteiger partial charge in [0, 0.05) is 12.6 Å². The van der Waals surface area contributed by atoms with Gasteiger partial charge in [0.25, 0.3) is 0 Å². The summed E-state index contributed by atoms with van der Waals surface area (Å²) in [6, 6.07) is 9.63. The molecule has 1 aromatic rings. The van der Waals surface area contributed by atoms with Crippen LogP contribution < -0.4 is 0 Å². The highest BCUT2D eigenvalue weighted by Crippen LogP contribution is 2.09. The summed E-state index contributed by atoms with van der Waals surface area (Å²) in [5, 5.41) is 0. The van der Waals surface area contributed by atoms with E-state index in [1.54, 1.807) is 0 Å². The highest BCUT2D eigenvalue weighted by molar-refractivity contribution is 5.22. The van der Waals surface area contributed by atoms with Crippen LogP contribution in [0, 0.1) is 0 Å². The first-order valence-electron chi connectivity index (χ1n) is 5.91. The van der Waals surface area contributed by atoms with Gasteiger partial charge in [0.05, 0.1) is 0 Å². The van der Waals surface area contributed by atoms with E-state index in [9.17, 15) is 0 Å². The molecule has 0 heterocycles. The number of rotatable bonds is 5. The van der Waals surface area contributed by atoms with Gasteiger partial charge in [-0.2, -0.15) is 0 Å². The molecule has 0 saturated heterocycles. The van der Waals surface area contributed by atoms with Crippen molar-refractivity contribution in [1.29, 1.82) is 0 Å². The number of hydrogen-bond acceptors (Lipinski definition) is 1. The summed E-state index contributed by atoms with van der Waals surface area (Å²) >= 11 is 0. The maximum atomic E-state index is 2.36. The van der Waals surface area contributed by atoms with Crippen molar-refractivity contribution in [2.24, 2.45) is 0 Å². The minimum atomic E-state index is 0.611. The van der Waals surface area contributed by atoms with E-state index in [1.165, 1.54) is 24.0 Å². The summed E-state index contributed by atoms with van der Waals surface area (Å²) < 4.78 is 0. The zero-order valence-corrected chi connectivity index (χ0v) is 10.5. The van der Waals surface area contributed by atoms with Gasteiger partial charge in [-0.05, 0) is 38.4 Å². The van der Waals surface area contributed by atoms with Crippen LogP contribution in [0.2, 0.25) is 0 Å². The smallest absolute Gasteiger partial charge is 0.0233 e. The van der Waals surface area contributed by atoms with E-state index >= 15 is 0 Å². The number of benzene rings is 1. The summed E-state index contributed by atoms with van der Waals surface area (Å²) in [5.74, 6) is 0. The van der Waals surface area contributed by atoms with Crippen LogP contribution in [0.25, 0.3) is 0 Å². The molecule has 0 saturated carbocycles.